The van der Waals surface area contributed by atoms with Gasteiger partial charge < -0.3 is 10.1 Å². The van der Waals surface area contributed by atoms with Crippen LogP contribution in [0.4, 0.5) is 0 Å². The summed E-state index contributed by atoms with van der Waals surface area (Å²) < 4.78 is 6.23. The quantitative estimate of drug-likeness (QED) is 0.854. The predicted octanol–water partition coefficient (Wildman–Crippen LogP) is 4.06. The van der Waals surface area contributed by atoms with E-state index in [0.717, 1.165) is 57.2 Å². The van der Waals surface area contributed by atoms with E-state index in [1.807, 2.05) is 12.3 Å². The van der Waals surface area contributed by atoms with E-state index in [9.17, 15) is 0 Å². The molecule has 1 spiro atoms. The zero-order chi connectivity index (χ0) is 19.1. The molecular weight excluding hydrogens is 346 g/mol. The number of rotatable bonds is 2. The van der Waals surface area contributed by atoms with Gasteiger partial charge >= 0.3 is 0 Å². The van der Waals surface area contributed by atoms with Gasteiger partial charge in [-0.15, -0.1) is 0 Å². The van der Waals surface area contributed by atoms with E-state index in [1.54, 1.807) is 0 Å². The number of benzene rings is 1. The lowest BCUT2D eigenvalue weighted by molar-refractivity contribution is 0.0822. The van der Waals surface area contributed by atoms with Crippen LogP contribution >= 0.6 is 0 Å². The number of hydrogen-bond acceptors (Lipinski definition) is 4. The van der Waals surface area contributed by atoms with Crippen LogP contribution in [0.3, 0.4) is 0 Å². The van der Waals surface area contributed by atoms with E-state index in [-0.39, 0.29) is 0 Å². The molecule has 2 aliphatic rings. The molecule has 0 aliphatic carbocycles. The molecule has 0 bridgehead atoms. The maximum Gasteiger partial charge on any atom is 0.122 e. The third-order valence-corrected chi connectivity index (χ3v) is 6.38. The fraction of sp³-hybridized carbons (Fsp3) is 0.542. The van der Waals surface area contributed by atoms with E-state index in [4.69, 9.17) is 4.74 Å². The van der Waals surface area contributed by atoms with Gasteiger partial charge in [0.05, 0.1) is 5.69 Å². The average Bonchev–Trinajstić information content (AvgIpc) is 2.73. The average molecular weight is 380 g/mol. The lowest BCUT2D eigenvalue weighted by Gasteiger charge is -2.42. The number of hydrogen-bond donors (Lipinski definition) is 1. The molecule has 2 aromatic rings. The van der Waals surface area contributed by atoms with Crippen LogP contribution in [0.15, 0.2) is 48.7 Å². The van der Waals surface area contributed by atoms with Crippen LogP contribution in [0, 0.1) is 5.41 Å². The zero-order valence-corrected chi connectivity index (χ0v) is 16.9. The number of aryl methyl sites for hydroxylation is 1. The van der Waals surface area contributed by atoms with Crippen molar-refractivity contribution in [2.45, 2.75) is 45.1 Å². The van der Waals surface area contributed by atoms with E-state index < -0.39 is 0 Å². The van der Waals surface area contributed by atoms with E-state index in [1.165, 1.54) is 37.7 Å². The van der Waals surface area contributed by atoms with Gasteiger partial charge in [0.15, 0.2) is 0 Å². The van der Waals surface area contributed by atoms with Crippen molar-refractivity contribution in [2.75, 3.05) is 32.8 Å². The first-order chi connectivity index (χ1) is 13.8. The highest BCUT2D eigenvalue weighted by molar-refractivity contribution is 5.33. The highest BCUT2D eigenvalue weighted by Crippen LogP contribution is 2.36. The van der Waals surface area contributed by atoms with Crippen LogP contribution in [-0.4, -0.2) is 42.7 Å². The van der Waals surface area contributed by atoms with Crippen LogP contribution in [0.1, 0.15) is 43.4 Å². The van der Waals surface area contributed by atoms with Crippen molar-refractivity contribution >= 4 is 0 Å². The molecule has 0 atom stereocenters. The smallest absolute Gasteiger partial charge is 0.122 e. The summed E-state index contributed by atoms with van der Waals surface area (Å²) in [5.74, 6) is 1.07. The van der Waals surface area contributed by atoms with Crippen molar-refractivity contribution in [3.8, 4) is 5.75 Å². The molecule has 1 N–H and O–H groups in total. The second kappa shape index (κ2) is 9.53. The molecular formula is C24H33N3O. The van der Waals surface area contributed by atoms with Gasteiger partial charge in [0.1, 0.15) is 12.4 Å². The highest BCUT2D eigenvalue weighted by Gasteiger charge is 2.33. The maximum absolute atomic E-state index is 6.23. The lowest BCUT2D eigenvalue weighted by atomic mass is 9.74. The molecule has 4 nitrogen and oxygen atoms in total. The summed E-state index contributed by atoms with van der Waals surface area (Å²) in [7, 11) is 0. The second-order valence-corrected chi connectivity index (χ2v) is 8.45. The monoisotopic (exact) mass is 379 g/mol. The van der Waals surface area contributed by atoms with Gasteiger partial charge in [-0.25, -0.2) is 0 Å². The number of piperidine rings is 1. The molecule has 4 heteroatoms. The Bertz CT molecular complexity index is 728. The number of fused-ring (bicyclic) bond motifs is 1. The molecule has 28 heavy (non-hydrogen) atoms. The molecule has 1 aromatic heterocycles. The van der Waals surface area contributed by atoms with Crippen molar-refractivity contribution < 1.29 is 4.74 Å². The van der Waals surface area contributed by atoms with Gasteiger partial charge in [0, 0.05) is 25.8 Å². The van der Waals surface area contributed by atoms with Crippen molar-refractivity contribution in [3.05, 3.63) is 59.9 Å². The molecule has 0 saturated carbocycles. The third kappa shape index (κ3) is 5.12. The fourth-order valence-corrected chi connectivity index (χ4v) is 4.80. The summed E-state index contributed by atoms with van der Waals surface area (Å²) >= 11 is 0. The number of ether oxygens (including phenoxy) is 1. The summed E-state index contributed by atoms with van der Waals surface area (Å²) in [5.41, 5.74) is 2.94. The molecule has 1 fully saturated rings. The summed E-state index contributed by atoms with van der Waals surface area (Å²) in [6.07, 6.45) is 9.46. The van der Waals surface area contributed by atoms with Gasteiger partial charge in [0.25, 0.3) is 0 Å². The third-order valence-electron chi connectivity index (χ3n) is 6.38. The van der Waals surface area contributed by atoms with Gasteiger partial charge in [0.2, 0.25) is 0 Å². The molecule has 4 rings (SSSR count). The Balaban J connectivity index is 1.53. The van der Waals surface area contributed by atoms with Crippen LogP contribution in [0.2, 0.25) is 0 Å². The molecule has 0 radical (unpaired) electrons. The minimum absolute atomic E-state index is 0.429. The Morgan fingerprint density at radius 2 is 1.86 bits per heavy atom. The fourth-order valence-electron chi connectivity index (χ4n) is 4.80. The van der Waals surface area contributed by atoms with E-state index >= 15 is 0 Å². The van der Waals surface area contributed by atoms with E-state index in [2.05, 4.69) is 51.6 Å². The van der Waals surface area contributed by atoms with Crippen molar-refractivity contribution in [1.82, 2.24) is 15.2 Å². The number of nitrogens with zero attached hydrogens (tertiary/aromatic N) is 2. The standard InChI is InChI=1S/C24H33N3O/c1-2-10-23-21(7-1)8-3-5-11-24(12-15-25-16-13-24)20-27(17-18-28-23)19-22-9-4-6-14-26-22/h1-2,4,6-7,9-10,14,25H,3,5,8,11-13,15-20H2. The molecule has 1 saturated heterocycles. The van der Waals surface area contributed by atoms with E-state index in [0.29, 0.717) is 5.41 Å². The number of nitrogens with one attached hydrogen (secondary N) is 1. The SMILES string of the molecule is c1ccc(CN2CCOc3ccccc3CCCCC3(CCNCC3)C2)nc1. The Kier molecular flexibility index (Phi) is 6.61. The van der Waals surface area contributed by atoms with Crippen molar-refractivity contribution in [1.29, 1.82) is 0 Å². The molecule has 0 amide bonds. The summed E-state index contributed by atoms with van der Waals surface area (Å²) in [6, 6.07) is 14.8. The Labute approximate surface area is 169 Å². The number of aromatic nitrogens is 1. The van der Waals surface area contributed by atoms with Crippen molar-refractivity contribution in [2.24, 2.45) is 5.41 Å². The lowest BCUT2D eigenvalue weighted by Crippen LogP contribution is -2.45. The zero-order valence-electron chi connectivity index (χ0n) is 16.9. The molecule has 0 unspecified atom stereocenters. The summed E-state index contributed by atoms with van der Waals surface area (Å²) in [6.45, 7) is 6.03. The summed E-state index contributed by atoms with van der Waals surface area (Å²) in [5, 5.41) is 3.56. The Morgan fingerprint density at radius 1 is 1.00 bits per heavy atom. The Hall–Kier alpha value is -1.91. The van der Waals surface area contributed by atoms with Gasteiger partial charge in [-0.05, 0) is 74.4 Å². The second-order valence-electron chi connectivity index (χ2n) is 8.45. The van der Waals surface area contributed by atoms with Crippen LogP contribution in [0.5, 0.6) is 5.75 Å². The first kappa shape index (κ1) is 19.4. The van der Waals surface area contributed by atoms with Crippen LogP contribution in [0.25, 0.3) is 0 Å². The minimum atomic E-state index is 0.429. The van der Waals surface area contributed by atoms with Gasteiger partial charge in [-0.3, -0.25) is 9.88 Å². The molecule has 3 heterocycles. The maximum atomic E-state index is 6.23. The molecule has 2 aliphatic heterocycles. The first-order valence-electron chi connectivity index (χ1n) is 10.9. The predicted molar refractivity (Wildman–Crippen MR) is 114 cm³/mol. The normalized spacial score (nSPS) is 21.1. The largest absolute Gasteiger partial charge is 0.492 e. The topological polar surface area (TPSA) is 37.4 Å². The van der Waals surface area contributed by atoms with Gasteiger partial charge in [-0.2, -0.15) is 0 Å². The highest BCUT2D eigenvalue weighted by atomic mass is 16.5. The molecule has 1 aromatic carbocycles. The Morgan fingerprint density at radius 3 is 2.71 bits per heavy atom. The van der Waals surface area contributed by atoms with Crippen molar-refractivity contribution in [3.63, 3.8) is 0 Å². The number of para-hydroxylation sites is 1. The number of pyridine rings is 1. The van der Waals surface area contributed by atoms with Crippen LogP contribution < -0.4 is 10.1 Å². The molecule has 150 valence electrons. The van der Waals surface area contributed by atoms with Crippen LogP contribution in [-0.2, 0) is 13.0 Å². The first-order valence-corrected chi connectivity index (χ1v) is 10.9. The summed E-state index contributed by atoms with van der Waals surface area (Å²) in [4.78, 5) is 7.16. The van der Waals surface area contributed by atoms with Gasteiger partial charge in [-0.1, -0.05) is 30.7 Å². The minimum Gasteiger partial charge on any atom is -0.492 e.